The largest absolute Gasteiger partial charge is 0.479 e. The summed E-state index contributed by atoms with van der Waals surface area (Å²) in [5.41, 5.74) is 0. The van der Waals surface area contributed by atoms with Gasteiger partial charge in [0.2, 0.25) is 0 Å². The van der Waals surface area contributed by atoms with Crippen LogP contribution in [0.3, 0.4) is 0 Å². The summed E-state index contributed by atoms with van der Waals surface area (Å²) in [5.74, 6) is -0.0924. The Morgan fingerprint density at radius 2 is 2.12 bits per heavy atom. The van der Waals surface area contributed by atoms with Crippen molar-refractivity contribution in [3.8, 4) is 0 Å². The topological polar surface area (TPSA) is 46.5 Å². The molecule has 0 aromatic heterocycles. The highest BCUT2D eigenvalue weighted by molar-refractivity contribution is 5.72. The Morgan fingerprint density at radius 1 is 1.41 bits per heavy atom. The lowest BCUT2D eigenvalue weighted by Gasteiger charge is -2.17. The fourth-order valence-corrected chi connectivity index (χ4v) is 2.38. The van der Waals surface area contributed by atoms with Crippen LogP contribution in [0, 0.1) is 5.92 Å². The van der Waals surface area contributed by atoms with Crippen molar-refractivity contribution >= 4 is 5.97 Å². The van der Waals surface area contributed by atoms with E-state index in [0.717, 1.165) is 18.8 Å². The molecule has 0 saturated heterocycles. The van der Waals surface area contributed by atoms with Crippen LogP contribution in [0.1, 0.15) is 51.4 Å². The second-order valence-electron chi connectivity index (χ2n) is 4.82. The van der Waals surface area contributed by atoms with Gasteiger partial charge in [-0.05, 0) is 38.0 Å². The quantitative estimate of drug-likeness (QED) is 0.548. The molecular formula is C14H24O3. The molecule has 0 aromatic rings. The zero-order chi connectivity index (χ0) is 12.5. The molecule has 1 aliphatic carbocycles. The summed E-state index contributed by atoms with van der Waals surface area (Å²) < 4.78 is 4.88. The molecule has 0 amide bonds. The van der Waals surface area contributed by atoms with E-state index in [1.54, 1.807) is 0 Å². The molecule has 0 radical (unpaired) electrons. The van der Waals surface area contributed by atoms with Crippen molar-refractivity contribution in [3.63, 3.8) is 0 Å². The van der Waals surface area contributed by atoms with Gasteiger partial charge < -0.3 is 9.84 Å². The first-order chi connectivity index (χ1) is 8.24. The Bertz CT molecular complexity index is 242. The number of methoxy groups -OCH3 is 1. The summed E-state index contributed by atoms with van der Waals surface area (Å²) in [6.45, 7) is 0. The fourth-order valence-electron chi connectivity index (χ4n) is 2.38. The zero-order valence-corrected chi connectivity index (χ0v) is 10.7. The average Bonchev–Trinajstić information content (AvgIpc) is 2.34. The van der Waals surface area contributed by atoms with Crippen molar-refractivity contribution < 1.29 is 14.6 Å². The molecule has 1 fully saturated rings. The first-order valence-electron chi connectivity index (χ1n) is 6.66. The molecular weight excluding hydrogens is 216 g/mol. The Morgan fingerprint density at radius 3 is 2.71 bits per heavy atom. The number of ether oxygens (including phenoxy) is 1. The maximum Gasteiger partial charge on any atom is 0.332 e. The third-order valence-electron chi connectivity index (χ3n) is 3.46. The number of allylic oxidation sites excluding steroid dienone is 2. The van der Waals surface area contributed by atoms with Gasteiger partial charge in [0.25, 0.3) is 0 Å². The molecule has 3 heteroatoms. The number of carboxylic acids is 1. The van der Waals surface area contributed by atoms with E-state index < -0.39 is 12.1 Å². The van der Waals surface area contributed by atoms with Crippen LogP contribution in [0.25, 0.3) is 0 Å². The third-order valence-corrected chi connectivity index (χ3v) is 3.46. The van der Waals surface area contributed by atoms with Crippen molar-refractivity contribution in [2.75, 3.05) is 7.11 Å². The van der Waals surface area contributed by atoms with E-state index in [1.165, 1.54) is 39.2 Å². The summed E-state index contributed by atoms with van der Waals surface area (Å²) in [7, 11) is 1.46. The van der Waals surface area contributed by atoms with Crippen LogP contribution < -0.4 is 0 Å². The molecule has 1 rings (SSSR count). The van der Waals surface area contributed by atoms with Crippen LogP contribution in [-0.4, -0.2) is 24.3 Å². The highest BCUT2D eigenvalue weighted by atomic mass is 16.5. The normalized spacial score (nSPS) is 19.6. The first kappa shape index (κ1) is 14.2. The summed E-state index contributed by atoms with van der Waals surface area (Å²) >= 11 is 0. The van der Waals surface area contributed by atoms with Gasteiger partial charge >= 0.3 is 5.97 Å². The summed E-state index contributed by atoms with van der Waals surface area (Å²) in [6, 6.07) is 0. The van der Waals surface area contributed by atoms with E-state index in [0.29, 0.717) is 6.42 Å². The Hall–Kier alpha value is -0.830. The van der Waals surface area contributed by atoms with Crippen LogP contribution in [-0.2, 0) is 9.53 Å². The Kier molecular flexibility index (Phi) is 6.94. The molecule has 3 nitrogen and oxygen atoms in total. The molecule has 1 atom stereocenters. The van der Waals surface area contributed by atoms with Gasteiger partial charge in [-0.2, -0.15) is 0 Å². The van der Waals surface area contributed by atoms with E-state index in [4.69, 9.17) is 9.84 Å². The van der Waals surface area contributed by atoms with Gasteiger partial charge in [-0.1, -0.05) is 31.4 Å². The van der Waals surface area contributed by atoms with Crippen molar-refractivity contribution in [3.05, 3.63) is 12.2 Å². The van der Waals surface area contributed by atoms with E-state index >= 15 is 0 Å². The molecule has 17 heavy (non-hydrogen) atoms. The van der Waals surface area contributed by atoms with Crippen molar-refractivity contribution in [1.82, 2.24) is 0 Å². The fraction of sp³-hybridized carbons (Fsp3) is 0.786. The maximum atomic E-state index is 10.7. The van der Waals surface area contributed by atoms with Crippen LogP contribution in [0.2, 0.25) is 0 Å². The predicted octanol–water partition coefficient (Wildman–Crippen LogP) is 3.39. The number of rotatable bonds is 7. The second-order valence-corrected chi connectivity index (χ2v) is 4.82. The van der Waals surface area contributed by atoms with Gasteiger partial charge in [0, 0.05) is 7.11 Å². The number of hydrogen-bond acceptors (Lipinski definition) is 2. The number of hydrogen-bond donors (Lipinski definition) is 1. The lowest BCUT2D eigenvalue weighted by molar-refractivity contribution is -0.148. The molecule has 1 aliphatic rings. The molecule has 1 N–H and O–H groups in total. The van der Waals surface area contributed by atoms with E-state index in [2.05, 4.69) is 12.2 Å². The lowest BCUT2D eigenvalue weighted by atomic mass is 9.89. The van der Waals surface area contributed by atoms with Gasteiger partial charge in [0.1, 0.15) is 0 Å². The van der Waals surface area contributed by atoms with Gasteiger partial charge in [-0.25, -0.2) is 4.79 Å². The second kappa shape index (κ2) is 8.29. The number of carboxylic acid groups (broad SMARTS) is 1. The molecule has 0 unspecified atom stereocenters. The van der Waals surface area contributed by atoms with Crippen LogP contribution in [0.4, 0.5) is 0 Å². The molecule has 0 bridgehead atoms. The molecule has 0 aromatic carbocycles. The minimum atomic E-state index is -0.858. The first-order valence-corrected chi connectivity index (χ1v) is 6.66. The Labute approximate surface area is 104 Å². The average molecular weight is 240 g/mol. The van der Waals surface area contributed by atoms with Crippen LogP contribution in [0.5, 0.6) is 0 Å². The minimum absolute atomic E-state index is 0.598. The van der Waals surface area contributed by atoms with Crippen molar-refractivity contribution in [1.29, 1.82) is 0 Å². The van der Waals surface area contributed by atoms with Gasteiger partial charge in [0.05, 0.1) is 0 Å². The standard InChI is InChI=1S/C14H24O3/c1-17-13(14(15)16)11-7-3-6-10-12-8-4-2-5-9-12/h6,10,12-13H,2-5,7-9,11H2,1H3,(H,15,16)/b10-6+/t13-/m1/s1. The number of unbranched alkanes of at least 4 members (excludes halogenated alkanes) is 1. The minimum Gasteiger partial charge on any atom is -0.479 e. The van der Waals surface area contributed by atoms with Crippen molar-refractivity contribution in [2.24, 2.45) is 5.92 Å². The predicted molar refractivity (Wildman–Crippen MR) is 68.0 cm³/mol. The van der Waals surface area contributed by atoms with Gasteiger partial charge in [-0.15, -0.1) is 0 Å². The van der Waals surface area contributed by atoms with Crippen LogP contribution in [0.15, 0.2) is 12.2 Å². The lowest BCUT2D eigenvalue weighted by Crippen LogP contribution is -2.21. The Balaban J connectivity index is 2.10. The maximum absolute atomic E-state index is 10.7. The van der Waals surface area contributed by atoms with E-state index in [1.807, 2.05) is 0 Å². The molecule has 98 valence electrons. The third kappa shape index (κ3) is 5.87. The summed E-state index contributed by atoms with van der Waals surface area (Å²) in [4.78, 5) is 10.7. The summed E-state index contributed by atoms with van der Waals surface area (Å²) in [5, 5.41) is 8.79. The van der Waals surface area contributed by atoms with Crippen LogP contribution >= 0.6 is 0 Å². The van der Waals surface area contributed by atoms with Crippen molar-refractivity contribution in [2.45, 2.75) is 57.5 Å². The van der Waals surface area contributed by atoms with Gasteiger partial charge in [-0.3, -0.25) is 0 Å². The monoisotopic (exact) mass is 240 g/mol. The number of carbonyl (C=O) groups is 1. The molecule has 0 heterocycles. The smallest absolute Gasteiger partial charge is 0.332 e. The zero-order valence-electron chi connectivity index (χ0n) is 10.7. The highest BCUT2D eigenvalue weighted by Gasteiger charge is 2.14. The highest BCUT2D eigenvalue weighted by Crippen LogP contribution is 2.24. The molecule has 1 saturated carbocycles. The van der Waals surface area contributed by atoms with Gasteiger partial charge in [0.15, 0.2) is 6.10 Å². The number of aliphatic carboxylic acids is 1. The van der Waals surface area contributed by atoms with E-state index in [-0.39, 0.29) is 0 Å². The van der Waals surface area contributed by atoms with E-state index in [9.17, 15) is 4.79 Å². The summed E-state index contributed by atoms with van der Waals surface area (Å²) in [6.07, 6.45) is 13.1. The SMILES string of the molecule is CO[C@H](CCC/C=C/C1CCCCC1)C(=O)O. The molecule has 0 spiro atoms. The molecule has 0 aliphatic heterocycles.